The highest BCUT2D eigenvalue weighted by Crippen LogP contribution is 2.10. The van der Waals surface area contributed by atoms with E-state index in [0.717, 1.165) is 22.8 Å². The van der Waals surface area contributed by atoms with Crippen LogP contribution in [0.15, 0.2) is 36.0 Å². The summed E-state index contributed by atoms with van der Waals surface area (Å²) < 4.78 is 0. The molecule has 0 aliphatic rings. The second-order valence-corrected chi connectivity index (χ2v) is 3.89. The molecule has 1 aromatic rings. The van der Waals surface area contributed by atoms with Gasteiger partial charge in [0.15, 0.2) is 0 Å². The first-order valence-corrected chi connectivity index (χ1v) is 5.04. The first-order chi connectivity index (χ1) is 7.00. The Labute approximate surface area is 91.7 Å². The minimum atomic E-state index is 0.845. The van der Waals surface area contributed by atoms with Gasteiger partial charge in [0.25, 0.3) is 0 Å². The molecule has 1 heterocycles. The van der Waals surface area contributed by atoms with Gasteiger partial charge < -0.3 is 5.32 Å². The molecule has 0 fully saturated rings. The Hall–Kier alpha value is -1.57. The molecule has 0 aromatic carbocycles. The fourth-order valence-electron chi connectivity index (χ4n) is 1.13. The first-order valence-electron chi connectivity index (χ1n) is 5.04. The molecule has 1 aromatic heterocycles. The molecule has 1 rings (SSSR count). The Kier molecular flexibility index (Phi) is 3.67. The predicted octanol–water partition coefficient (Wildman–Crippen LogP) is 3.26. The van der Waals surface area contributed by atoms with Crippen molar-refractivity contribution in [1.29, 1.82) is 0 Å². The van der Waals surface area contributed by atoms with E-state index in [0.29, 0.717) is 0 Å². The number of hydrogen-bond acceptors (Lipinski definition) is 2. The lowest BCUT2D eigenvalue weighted by molar-refractivity contribution is 1.01. The zero-order valence-corrected chi connectivity index (χ0v) is 9.89. The fraction of sp³-hybridized carbons (Fsp3) is 0.308. The molecule has 1 N–H and O–H groups in total. The molecular formula is C13H18N2. The van der Waals surface area contributed by atoms with Gasteiger partial charge in [0.2, 0.25) is 0 Å². The van der Waals surface area contributed by atoms with Crippen molar-refractivity contribution in [2.75, 3.05) is 0 Å². The molecule has 2 heteroatoms. The molecule has 15 heavy (non-hydrogen) atoms. The Morgan fingerprint density at radius 2 is 1.93 bits per heavy atom. The minimum absolute atomic E-state index is 0.845. The number of allylic oxidation sites excluding steroid dienone is 2. The number of aryl methyl sites for hydroxylation is 1. The number of nitrogens with zero attached hydrogens (tertiary/aromatic N) is 1. The van der Waals surface area contributed by atoms with E-state index in [1.165, 1.54) is 5.57 Å². The molecule has 0 saturated heterocycles. The Morgan fingerprint density at radius 3 is 2.47 bits per heavy atom. The van der Waals surface area contributed by atoms with Crippen molar-refractivity contribution in [3.63, 3.8) is 0 Å². The van der Waals surface area contributed by atoms with E-state index in [9.17, 15) is 0 Å². The summed E-state index contributed by atoms with van der Waals surface area (Å²) in [6, 6.07) is 5.92. The van der Waals surface area contributed by atoms with Crippen molar-refractivity contribution in [2.24, 2.45) is 0 Å². The third kappa shape index (κ3) is 3.24. The van der Waals surface area contributed by atoms with Gasteiger partial charge in [-0.3, -0.25) is 4.98 Å². The van der Waals surface area contributed by atoms with Crippen LogP contribution in [0.25, 0.3) is 5.70 Å². The fourth-order valence-corrected chi connectivity index (χ4v) is 1.13. The predicted molar refractivity (Wildman–Crippen MR) is 65.2 cm³/mol. The van der Waals surface area contributed by atoms with Crippen LogP contribution in [0.5, 0.6) is 0 Å². The molecule has 0 radical (unpaired) electrons. The van der Waals surface area contributed by atoms with Crippen molar-refractivity contribution in [2.45, 2.75) is 27.7 Å². The van der Waals surface area contributed by atoms with Crippen LogP contribution in [-0.2, 0) is 0 Å². The molecule has 0 spiro atoms. The summed E-state index contributed by atoms with van der Waals surface area (Å²) in [5, 5.41) is 3.25. The molecule has 0 amide bonds. The average Bonchev–Trinajstić information content (AvgIpc) is 2.17. The third-order valence-corrected chi connectivity index (χ3v) is 2.29. The maximum absolute atomic E-state index is 4.40. The van der Waals surface area contributed by atoms with Gasteiger partial charge in [-0.05, 0) is 39.8 Å². The van der Waals surface area contributed by atoms with Gasteiger partial charge in [-0.1, -0.05) is 18.2 Å². The van der Waals surface area contributed by atoms with Crippen molar-refractivity contribution in [1.82, 2.24) is 10.3 Å². The van der Waals surface area contributed by atoms with Crippen LogP contribution in [0, 0.1) is 6.92 Å². The summed E-state index contributed by atoms with van der Waals surface area (Å²) in [6.07, 6.45) is 0. The van der Waals surface area contributed by atoms with Crippen LogP contribution >= 0.6 is 0 Å². The first kappa shape index (κ1) is 11.5. The van der Waals surface area contributed by atoms with Crippen LogP contribution in [0.4, 0.5) is 0 Å². The Balaban J connectivity index is 2.83. The third-order valence-electron chi connectivity index (χ3n) is 2.29. The summed E-state index contributed by atoms with van der Waals surface area (Å²) in [7, 11) is 0. The lowest BCUT2D eigenvalue weighted by atomic mass is 10.2. The number of rotatable bonds is 3. The van der Waals surface area contributed by atoms with E-state index in [4.69, 9.17) is 0 Å². The Morgan fingerprint density at radius 1 is 1.27 bits per heavy atom. The van der Waals surface area contributed by atoms with Gasteiger partial charge in [0.1, 0.15) is 0 Å². The van der Waals surface area contributed by atoms with Gasteiger partial charge in [-0.15, -0.1) is 0 Å². The van der Waals surface area contributed by atoms with Crippen LogP contribution < -0.4 is 5.32 Å². The van der Waals surface area contributed by atoms with Gasteiger partial charge in [-0.2, -0.15) is 0 Å². The van der Waals surface area contributed by atoms with Crippen molar-refractivity contribution < 1.29 is 0 Å². The maximum Gasteiger partial charge on any atom is 0.0861 e. The van der Waals surface area contributed by atoms with Crippen molar-refractivity contribution in [3.05, 3.63) is 47.4 Å². The summed E-state index contributed by atoms with van der Waals surface area (Å²) in [4.78, 5) is 4.40. The smallest absolute Gasteiger partial charge is 0.0861 e. The molecule has 0 aliphatic carbocycles. The molecule has 0 aliphatic heterocycles. The van der Waals surface area contributed by atoms with E-state index >= 15 is 0 Å². The number of nitrogens with one attached hydrogen (secondary N) is 1. The standard InChI is InChI=1S/C13H18N2/c1-9(2)11(4)15-12(5)13-8-6-7-10(3)14-13/h6-8,15H,5H2,1-4H3. The van der Waals surface area contributed by atoms with Crippen molar-refractivity contribution in [3.8, 4) is 0 Å². The summed E-state index contributed by atoms with van der Waals surface area (Å²) in [5.41, 5.74) is 5.13. The maximum atomic E-state index is 4.40. The van der Waals surface area contributed by atoms with Gasteiger partial charge in [0, 0.05) is 11.4 Å². The largest absolute Gasteiger partial charge is 0.358 e. The van der Waals surface area contributed by atoms with E-state index in [2.05, 4.69) is 30.7 Å². The normalized spacial score (nSPS) is 9.60. The SMILES string of the molecule is C=C(NC(C)=C(C)C)c1cccc(C)n1. The van der Waals surface area contributed by atoms with E-state index in [1.54, 1.807) is 0 Å². The van der Waals surface area contributed by atoms with E-state index in [-0.39, 0.29) is 0 Å². The highest BCUT2D eigenvalue weighted by Gasteiger charge is 2.01. The zero-order chi connectivity index (χ0) is 11.4. The van der Waals surface area contributed by atoms with Gasteiger partial charge >= 0.3 is 0 Å². The van der Waals surface area contributed by atoms with Crippen LogP contribution in [-0.4, -0.2) is 4.98 Å². The summed E-state index contributed by atoms with van der Waals surface area (Å²) in [6.45, 7) is 12.1. The zero-order valence-electron chi connectivity index (χ0n) is 9.89. The molecule has 0 saturated carbocycles. The molecule has 0 atom stereocenters. The van der Waals surface area contributed by atoms with Crippen LogP contribution in [0.1, 0.15) is 32.2 Å². The number of aromatic nitrogens is 1. The van der Waals surface area contributed by atoms with Gasteiger partial charge in [0.05, 0.1) is 11.4 Å². The van der Waals surface area contributed by atoms with Crippen molar-refractivity contribution >= 4 is 5.70 Å². The lowest BCUT2D eigenvalue weighted by Gasteiger charge is -2.11. The monoisotopic (exact) mass is 202 g/mol. The van der Waals surface area contributed by atoms with Crippen LogP contribution in [0.2, 0.25) is 0 Å². The minimum Gasteiger partial charge on any atom is -0.358 e. The highest BCUT2D eigenvalue weighted by molar-refractivity contribution is 5.59. The number of hydrogen-bond donors (Lipinski definition) is 1. The van der Waals surface area contributed by atoms with E-state index in [1.807, 2.05) is 32.0 Å². The quantitative estimate of drug-likeness (QED) is 0.813. The second kappa shape index (κ2) is 4.78. The second-order valence-electron chi connectivity index (χ2n) is 3.89. The lowest BCUT2D eigenvalue weighted by Crippen LogP contribution is -2.11. The van der Waals surface area contributed by atoms with E-state index < -0.39 is 0 Å². The number of pyridine rings is 1. The molecule has 2 nitrogen and oxygen atoms in total. The highest BCUT2D eigenvalue weighted by atomic mass is 14.9. The Bertz CT molecular complexity index is 399. The molecule has 0 unspecified atom stereocenters. The summed E-state index contributed by atoms with van der Waals surface area (Å²) in [5.74, 6) is 0. The molecule has 0 bridgehead atoms. The molecular weight excluding hydrogens is 184 g/mol. The van der Waals surface area contributed by atoms with Gasteiger partial charge in [-0.25, -0.2) is 0 Å². The summed E-state index contributed by atoms with van der Waals surface area (Å²) >= 11 is 0. The molecule has 80 valence electrons. The topological polar surface area (TPSA) is 24.9 Å². The van der Waals surface area contributed by atoms with Crippen LogP contribution in [0.3, 0.4) is 0 Å². The average molecular weight is 202 g/mol.